The van der Waals surface area contributed by atoms with Gasteiger partial charge in [0, 0.05) is 29.3 Å². The molecule has 26 heavy (non-hydrogen) atoms. The lowest BCUT2D eigenvalue weighted by molar-refractivity contribution is 0.0948. The molecule has 1 heterocycles. The Labute approximate surface area is 154 Å². The van der Waals surface area contributed by atoms with Crippen LogP contribution in [0.5, 0.6) is 0 Å². The van der Waals surface area contributed by atoms with Gasteiger partial charge in [-0.3, -0.25) is 9.78 Å². The van der Waals surface area contributed by atoms with E-state index in [1.165, 1.54) is 37.3 Å². The predicted octanol–water partition coefficient (Wildman–Crippen LogP) is 3.57. The Morgan fingerprint density at radius 3 is 2.69 bits per heavy atom. The molecule has 0 radical (unpaired) electrons. The zero-order valence-corrected chi connectivity index (χ0v) is 15.9. The second kappa shape index (κ2) is 7.58. The number of pyridine rings is 1. The van der Waals surface area contributed by atoms with Crippen molar-refractivity contribution in [1.82, 2.24) is 10.3 Å². The van der Waals surface area contributed by atoms with Gasteiger partial charge in [-0.2, -0.15) is 0 Å². The summed E-state index contributed by atoms with van der Waals surface area (Å²) in [5, 5.41) is 4.96. The minimum Gasteiger partial charge on any atom is -0.346 e. The lowest BCUT2D eigenvalue weighted by Gasteiger charge is -2.16. The minimum absolute atomic E-state index is 0.252. The second-order valence-electron chi connectivity index (χ2n) is 7.00. The number of hydrogen-bond acceptors (Lipinski definition) is 4. The van der Waals surface area contributed by atoms with Crippen LogP contribution in [0, 0.1) is 0 Å². The smallest absolute Gasteiger partial charge is 0.253 e. The van der Waals surface area contributed by atoms with Gasteiger partial charge in [-0.05, 0) is 43.4 Å². The fourth-order valence-corrected chi connectivity index (χ4v) is 4.09. The van der Waals surface area contributed by atoms with E-state index in [0.29, 0.717) is 17.0 Å². The fourth-order valence-electron chi connectivity index (χ4n) is 3.56. The molecule has 1 aliphatic rings. The van der Waals surface area contributed by atoms with Crippen LogP contribution < -0.4 is 5.32 Å². The molecule has 0 spiro atoms. The highest BCUT2D eigenvalue weighted by Crippen LogP contribution is 2.37. The molecule has 1 unspecified atom stereocenters. The summed E-state index contributed by atoms with van der Waals surface area (Å²) in [5.41, 5.74) is 2.49. The number of hydrogen-bond donors (Lipinski definition) is 1. The van der Waals surface area contributed by atoms with E-state index in [-0.39, 0.29) is 5.91 Å². The highest BCUT2D eigenvalue weighted by molar-refractivity contribution is 7.93. The number of fused-ring (bicyclic) bond motifs is 1. The molecule has 2 aromatic rings. The molecule has 6 heteroatoms. The Balaban J connectivity index is 1.89. The Kier molecular flexibility index (Phi) is 5.41. The quantitative estimate of drug-likeness (QED) is 0.870. The number of sulfone groups is 1. The summed E-state index contributed by atoms with van der Waals surface area (Å²) in [4.78, 5) is 17.1. The first-order valence-corrected chi connectivity index (χ1v) is 10.9. The Morgan fingerprint density at radius 2 is 2.00 bits per heavy atom. The van der Waals surface area contributed by atoms with Crippen molar-refractivity contribution < 1.29 is 13.2 Å². The summed E-state index contributed by atoms with van der Waals surface area (Å²) >= 11 is 0. The maximum absolute atomic E-state index is 12.7. The lowest BCUT2D eigenvalue weighted by atomic mass is 9.92. The van der Waals surface area contributed by atoms with Crippen LogP contribution >= 0.6 is 0 Å². The van der Waals surface area contributed by atoms with Crippen LogP contribution in [0.1, 0.15) is 54.4 Å². The van der Waals surface area contributed by atoms with Gasteiger partial charge in [0.15, 0.2) is 9.84 Å². The number of nitrogens with one attached hydrogen (secondary N) is 1. The molecule has 1 aromatic carbocycles. The monoisotopic (exact) mass is 372 g/mol. The van der Waals surface area contributed by atoms with Crippen molar-refractivity contribution in [3.8, 4) is 0 Å². The Hall–Kier alpha value is -2.21. The molecule has 0 bridgehead atoms. The molecular weight excluding hydrogens is 348 g/mol. The summed E-state index contributed by atoms with van der Waals surface area (Å²) in [6.45, 7) is 1.74. The minimum atomic E-state index is -3.21. The molecule has 1 saturated carbocycles. The summed E-state index contributed by atoms with van der Waals surface area (Å²) in [5.74, 6) is 0.285. The maximum atomic E-state index is 12.7. The highest BCUT2D eigenvalue weighted by Gasteiger charge is 2.22. The van der Waals surface area contributed by atoms with Gasteiger partial charge < -0.3 is 5.32 Å². The standard InChI is InChI=1S/C20H24N2O3S/c1-14(11-13-26(2,24)25)22-20(23)18-10-9-16(15-6-3-4-7-15)17-8-5-12-21-19(17)18/h5,8-15H,3-4,6-7H2,1-2H3,(H,22,23). The zero-order chi connectivity index (χ0) is 18.7. The van der Waals surface area contributed by atoms with E-state index in [0.717, 1.165) is 17.1 Å². The van der Waals surface area contributed by atoms with E-state index >= 15 is 0 Å². The normalized spacial score (nSPS) is 17.0. The van der Waals surface area contributed by atoms with Crippen molar-refractivity contribution in [2.45, 2.75) is 44.6 Å². The third-order valence-corrected chi connectivity index (χ3v) is 5.47. The van der Waals surface area contributed by atoms with E-state index in [4.69, 9.17) is 0 Å². The predicted molar refractivity (Wildman–Crippen MR) is 104 cm³/mol. The maximum Gasteiger partial charge on any atom is 0.253 e. The molecule has 5 nitrogen and oxygen atoms in total. The molecule has 1 aliphatic carbocycles. The molecule has 1 fully saturated rings. The molecule has 138 valence electrons. The molecule has 0 aliphatic heterocycles. The van der Waals surface area contributed by atoms with Gasteiger partial charge in [0.2, 0.25) is 0 Å². The number of aromatic nitrogens is 1. The zero-order valence-electron chi connectivity index (χ0n) is 15.1. The van der Waals surface area contributed by atoms with Crippen LogP contribution in [0.3, 0.4) is 0 Å². The third-order valence-electron chi connectivity index (χ3n) is 4.82. The van der Waals surface area contributed by atoms with Crippen molar-refractivity contribution in [3.05, 3.63) is 53.1 Å². The van der Waals surface area contributed by atoms with E-state index in [1.807, 2.05) is 24.3 Å². The Bertz CT molecular complexity index is 945. The summed E-state index contributed by atoms with van der Waals surface area (Å²) in [7, 11) is -3.21. The number of carbonyl (C=O) groups is 1. The molecule has 1 aromatic heterocycles. The average Bonchev–Trinajstić information content (AvgIpc) is 3.12. The van der Waals surface area contributed by atoms with Crippen LogP contribution in [0.25, 0.3) is 10.9 Å². The van der Waals surface area contributed by atoms with E-state index in [9.17, 15) is 13.2 Å². The van der Waals surface area contributed by atoms with Crippen molar-refractivity contribution >= 4 is 26.6 Å². The van der Waals surface area contributed by atoms with Crippen molar-refractivity contribution in [2.24, 2.45) is 0 Å². The van der Waals surface area contributed by atoms with Gasteiger partial charge in [0.1, 0.15) is 0 Å². The first-order valence-electron chi connectivity index (χ1n) is 8.92. The van der Waals surface area contributed by atoms with E-state index in [2.05, 4.69) is 10.3 Å². The van der Waals surface area contributed by atoms with Crippen molar-refractivity contribution in [3.63, 3.8) is 0 Å². The fraction of sp³-hybridized carbons (Fsp3) is 0.400. The van der Waals surface area contributed by atoms with Crippen LogP contribution in [0.4, 0.5) is 0 Å². The van der Waals surface area contributed by atoms with Crippen molar-refractivity contribution in [1.29, 1.82) is 0 Å². The SMILES string of the molecule is CC(C=CS(C)(=O)=O)NC(=O)c1ccc(C2CCCC2)c2cccnc12. The first-order chi connectivity index (χ1) is 12.3. The molecule has 1 atom stereocenters. The topological polar surface area (TPSA) is 76.1 Å². The van der Waals surface area contributed by atoms with Crippen LogP contribution in [-0.2, 0) is 9.84 Å². The van der Waals surface area contributed by atoms with Crippen LogP contribution in [0.15, 0.2) is 41.9 Å². The average molecular weight is 372 g/mol. The number of rotatable bonds is 5. The van der Waals surface area contributed by atoms with Crippen LogP contribution in [-0.4, -0.2) is 31.6 Å². The van der Waals surface area contributed by atoms with Crippen molar-refractivity contribution in [2.75, 3.05) is 6.26 Å². The van der Waals surface area contributed by atoms with Crippen LogP contribution in [0.2, 0.25) is 0 Å². The summed E-state index contributed by atoms with van der Waals surface area (Å²) in [6, 6.07) is 7.42. The van der Waals surface area contributed by atoms with E-state index < -0.39 is 15.9 Å². The molecule has 1 amide bonds. The van der Waals surface area contributed by atoms with Gasteiger partial charge in [0.25, 0.3) is 5.91 Å². The first kappa shape index (κ1) is 18.6. The molecule has 3 rings (SSSR count). The summed E-state index contributed by atoms with van der Waals surface area (Å²) < 4.78 is 22.4. The Morgan fingerprint density at radius 1 is 1.27 bits per heavy atom. The number of carbonyl (C=O) groups excluding carboxylic acids is 1. The highest BCUT2D eigenvalue weighted by atomic mass is 32.2. The van der Waals surface area contributed by atoms with Gasteiger partial charge in [0.05, 0.1) is 11.1 Å². The third kappa shape index (κ3) is 4.30. The van der Waals surface area contributed by atoms with E-state index in [1.54, 1.807) is 13.1 Å². The second-order valence-corrected chi connectivity index (χ2v) is 8.93. The van der Waals surface area contributed by atoms with Gasteiger partial charge in [-0.15, -0.1) is 0 Å². The largest absolute Gasteiger partial charge is 0.346 e. The van der Waals surface area contributed by atoms with Gasteiger partial charge >= 0.3 is 0 Å². The number of amides is 1. The molecule has 1 N–H and O–H groups in total. The molecule has 0 saturated heterocycles. The molecular formula is C20H24N2O3S. The number of nitrogens with zero attached hydrogens (tertiary/aromatic N) is 1. The summed E-state index contributed by atoms with van der Waals surface area (Å²) in [6.07, 6.45) is 9.15. The number of benzene rings is 1. The van der Waals surface area contributed by atoms with Gasteiger partial charge in [-0.25, -0.2) is 8.42 Å². The lowest BCUT2D eigenvalue weighted by Crippen LogP contribution is -2.31. The van der Waals surface area contributed by atoms with Gasteiger partial charge in [-0.1, -0.05) is 31.1 Å².